The number of nitrogens with zero attached hydrogens (tertiary/aromatic N) is 2. The fourth-order valence-electron chi connectivity index (χ4n) is 3.55. The maximum absolute atomic E-state index is 13.3. The van der Waals surface area contributed by atoms with E-state index in [0.717, 1.165) is 32.0 Å². The Morgan fingerprint density at radius 1 is 1.17 bits per heavy atom. The molecule has 29 heavy (non-hydrogen) atoms. The van der Waals surface area contributed by atoms with Gasteiger partial charge in [0.05, 0.1) is 5.69 Å². The van der Waals surface area contributed by atoms with Gasteiger partial charge in [0.1, 0.15) is 12.4 Å². The van der Waals surface area contributed by atoms with Gasteiger partial charge in [-0.15, -0.1) is 0 Å². The third kappa shape index (κ3) is 5.76. The molecular weight excluding hydrogens is 380 g/mol. The molecule has 8 heteroatoms. The quantitative estimate of drug-likeness (QED) is 0.706. The van der Waals surface area contributed by atoms with Crippen molar-refractivity contribution in [2.24, 2.45) is 0 Å². The summed E-state index contributed by atoms with van der Waals surface area (Å²) >= 11 is 0. The number of nitrogens with one attached hydrogen (secondary N) is 1. The number of anilines is 1. The molecule has 0 spiro atoms. The Balaban J connectivity index is 1.66. The van der Waals surface area contributed by atoms with E-state index in [2.05, 4.69) is 11.9 Å². The lowest BCUT2D eigenvalue weighted by molar-refractivity contribution is -0.111. The molecule has 2 heterocycles. The van der Waals surface area contributed by atoms with Crippen molar-refractivity contribution in [3.8, 4) is 5.75 Å². The van der Waals surface area contributed by atoms with Gasteiger partial charge in [-0.2, -0.15) is 0 Å². The van der Waals surface area contributed by atoms with Crippen molar-refractivity contribution in [1.82, 2.24) is 9.80 Å². The van der Waals surface area contributed by atoms with Crippen LogP contribution in [0.5, 0.6) is 5.75 Å². The average Bonchev–Trinajstić information content (AvgIpc) is 3.24. The number of carbonyl (C=O) groups excluding carboxylic acids is 2. The number of likely N-dealkylation sites (tertiary alicyclic amines) is 2. The van der Waals surface area contributed by atoms with Crippen LogP contribution in [0.3, 0.4) is 0 Å². The number of halogens is 2. The first-order valence-electron chi connectivity index (χ1n) is 9.98. The standard InChI is InChI=1S/C21H27F2N3O3/c1-2-19(27)24-17-6-5-16(20(28)26-9-3-4-10-26)15-18(17)29-14-13-25-11-7-21(22,23)8-12-25/h2,5-6,15H,1,3-4,7-14H2,(H,24,27). The highest BCUT2D eigenvalue weighted by molar-refractivity contribution is 6.01. The van der Waals surface area contributed by atoms with Crippen LogP contribution < -0.4 is 10.1 Å². The summed E-state index contributed by atoms with van der Waals surface area (Å²) in [6.07, 6.45) is 2.86. The summed E-state index contributed by atoms with van der Waals surface area (Å²) in [5, 5.41) is 2.68. The molecule has 2 aliphatic heterocycles. The van der Waals surface area contributed by atoms with Gasteiger partial charge in [0.15, 0.2) is 0 Å². The van der Waals surface area contributed by atoms with Gasteiger partial charge < -0.3 is 15.0 Å². The molecule has 2 amide bonds. The van der Waals surface area contributed by atoms with Gasteiger partial charge in [0, 0.05) is 51.1 Å². The zero-order valence-electron chi connectivity index (χ0n) is 16.5. The maximum atomic E-state index is 13.3. The number of amides is 2. The van der Waals surface area contributed by atoms with Crippen LogP contribution in [0.15, 0.2) is 30.9 Å². The Hall–Kier alpha value is -2.48. The smallest absolute Gasteiger partial charge is 0.253 e. The third-order valence-electron chi connectivity index (χ3n) is 5.32. The summed E-state index contributed by atoms with van der Waals surface area (Å²) in [4.78, 5) is 28.1. The second kappa shape index (κ2) is 9.35. The van der Waals surface area contributed by atoms with E-state index in [9.17, 15) is 18.4 Å². The van der Waals surface area contributed by atoms with Crippen molar-refractivity contribution in [1.29, 1.82) is 0 Å². The molecule has 0 saturated carbocycles. The first-order chi connectivity index (χ1) is 13.9. The second-order valence-corrected chi connectivity index (χ2v) is 7.45. The summed E-state index contributed by atoms with van der Waals surface area (Å²) < 4.78 is 32.4. The minimum absolute atomic E-state index is 0.0628. The van der Waals surface area contributed by atoms with E-state index in [1.807, 2.05) is 4.90 Å². The molecule has 0 bridgehead atoms. The molecule has 158 valence electrons. The van der Waals surface area contributed by atoms with Crippen LogP contribution in [-0.4, -0.2) is 66.9 Å². The number of alkyl halides is 2. The van der Waals surface area contributed by atoms with Crippen molar-refractivity contribution in [3.63, 3.8) is 0 Å². The van der Waals surface area contributed by atoms with Crippen molar-refractivity contribution < 1.29 is 23.1 Å². The number of rotatable bonds is 7. The van der Waals surface area contributed by atoms with E-state index in [1.54, 1.807) is 23.1 Å². The number of ether oxygens (including phenoxy) is 1. The Morgan fingerprint density at radius 2 is 1.86 bits per heavy atom. The van der Waals surface area contributed by atoms with E-state index in [0.29, 0.717) is 36.6 Å². The molecule has 3 rings (SSSR count). The monoisotopic (exact) mass is 407 g/mol. The van der Waals surface area contributed by atoms with Gasteiger partial charge in [-0.3, -0.25) is 14.5 Å². The van der Waals surface area contributed by atoms with E-state index in [-0.39, 0.29) is 31.3 Å². The summed E-state index contributed by atoms with van der Waals surface area (Å²) in [6.45, 7) is 6.33. The van der Waals surface area contributed by atoms with Gasteiger partial charge >= 0.3 is 0 Å². The van der Waals surface area contributed by atoms with E-state index >= 15 is 0 Å². The summed E-state index contributed by atoms with van der Waals surface area (Å²) in [5.41, 5.74) is 0.939. The first-order valence-corrected chi connectivity index (χ1v) is 9.98. The van der Waals surface area contributed by atoms with Crippen LogP contribution in [0.1, 0.15) is 36.0 Å². The van der Waals surface area contributed by atoms with Crippen molar-refractivity contribution in [3.05, 3.63) is 36.4 Å². The van der Waals surface area contributed by atoms with E-state index in [4.69, 9.17) is 4.74 Å². The highest BCUT2D eigenvalue weighted by Crippen LogP contribution is 2.29. The first kappa shape index (κ1) is 21.2. The second-order valence-electron chi connectivity index (χ2n) is 7.45. The molecular formula is C21H27F2N3O3. The molecule has 0 aliphatic carbocycles. The fraction of sp³-hybridized carbons (Fsp3) is 0.524. The van der Waals surface area contributed by atoms with Crippen LogP contribution in [0, 0.1) is 0 Å². The predicted molar refractivity (Wildman–Crippen MR) is 107 cm³/mol. The molecule has 0 aromatic heterocycles. The normalized spacial score (nSPS) is 19.0. The largest absolute Gasteiger partial charge is 0.490 e. The van der Waals surface area contributed by atoms with Crippen molar-refractivity contribution in [2.75, 3.05) is 44.6 Å². The SMILES string of the molecule is C=CC(=O)Nc1ccc(C(=O)N2CCCC2)cc1OCCN1CCC(F)(F)CC1. The average molecular weight is 407 g/mol. The minimum Gasteiger partial charge on any atom is -0.490 e. The van der Waals surface area contributed by atoms with Crippen molar-refractivity contribution >= 4 is 17.5 Å². The summed E-state index contributed by atoms with van der Waals surface area (Å²) in [5.74, 6) is -2.64. The Bertz CT molecular complexity index is 754. The van der Waals surface area contributed by atoms with Crippen molar-refractivity contribution in [2.45, 2.75) is 31.6 Å². The predicted octanol–water partition coefficient (Wildman–Crippen LogP) is 3.16. The van der Waals surface area contributed by atoms with E-state index in [1.165, 1.54) is 0 Å². The number of benzene rings is 1. The van der Waals surface area contributed by atoms with Gasteiger partial charge in [-0.05, 0) is 37.1 Å². The minimum atomic E-state index is -2.58. The highest BCUT2D eigenvalue weighted by Gasteiger charge is 2.33. The molecule has 1 aromatic rings. The van der Waals surface area contributed by atoms with Gasteiger partial charge in [-0.25, -0.2) is 8.78 Å². The molecule has 0 unspecified atom stereocenters. The number of carbonyl (C=O) groups is 2. The van der Waals surface area contributed by atoms with Crippen LogP contribution in [0.4, 0.5) is 14.5 Å². The Labute approximate surface area is 169 Å². The summed E-state index contributed by atoms with van der Waals surface area (Å²) in [6, 6.07) is 4.93. The third-order valence-corrected chi connectivity index (χ3v) is 5.32. The lowest BCUT2D eigenvalue weighted by Gasteiger charge is -2.31. The lowest BCUT2D eigenvalue weighted by Crippen LogP contribution is -2.41. The molecule has 1 N–H and O–H groups in total. The molecule has 2 fully saturated rings. The number of hydrogen-bond acceptors (Lipinski definition) is 4. The van der Waals surface area contributed by atoms with E-state index < -0.39 is 5.92 Å². The van der Waals surface area contributed by atoms with Gasteiger partial charge in [0.25, 0.3) is 11.8 Å². The van der Waals surface area contributed by atoms with Gasteiger partial charge in [0.2, 0.25) is 5.91 Å². The van der Waals surface area contributed by atoms with Crippen LogP contribution in [0.2, 0.25) is 0 Å². The summed E-state index contributed by atoms with van der Waals surface area (Å²) in [7, 11) is 0. The number of piperidine rings is 1. The molecule has 0 radical (unpaired) electrons. The lowest BCUT2D eigenvalue weighted by atomic mass is 10.1. The molecule has 2 aliphatic rings. The zero-order valence-corrected chi connectivity index (χ0v) is 16.5. The zero-order chi connectivity index (χ0) is 20.9. The molecule has 6 nitrogen and oxygen atoms in total. The van der Waals surface area contributed by atoms with Crippen LogP contribution in [-0.2, 0) is 4.79 Å². The fourth-order valence-corrected chi connectivity index (χ4v) is 3.55. The Kier molecular flexibility index (Phi) is 6.84. The molecule has 0 atom stereocenters. The van der Waals surface area contributed by atoms with Gasteiger partial charge in [-0.1, -0.05) is 6.58 Å². The highest BCUT2D eigenvalue weighted by atomic mass is 19.3. The molecule has 2 saturated heterocycles. The topological polar surface area (TPSA) is 61.9 Å². The molecule has 1 aromatic carbocycles. The Morgan fingerprint density at radius 3 is 2.52 bits per heavy atom. The van der Waals surface area contributed by atoms with Crippen LogP contribution in [0.25, 0.3) is 0 Å². The van der Waals surface area contributed by atoms with Crippen LogP contribution >= 0.6 is 0 Å². The maximum Gasteiger partial charge on any atom is 0.253 e. The number of hydrogen-bond donors (Lipinski definition) is 1.